The number of aryl methyl sites for hydroxylation is 1. The normalized spacial score (nSPS) is 16.1. The fourth-order valence-corrected chi connectivity index (χ4v) is 2.35. The lowest BCUT2D eigenvalue weighted by molar-refractivity contribution is -0.153. The van der Waals surface area contributed by atoms with Gasteiger partial charge in [-0.1, -0.05) is 24.1 Å². The second-order valence-electron chi connectivity index (χ2n) is 5.21. The molecule has 5 nitrogen and oxygen atoms in total. The van der Waals surface area contributed by atoms with E-state index in [1.807, 2.05) is 13.0 Å². The highest BCUT2D eigenvalue weighted by Gasteiger charge is 2.44. The molecule has 20 heavy (non-hydrogen) atoms. The van der Waals surface area contributed by atoms with Crippen LogP contribution < -0.4 is 10.6 Å². The van der Waals surface area contributed by atoms with Gasteiger partial charge in [0.05, 0.1) is 5.41 Å². The number of halogens is 1. The van der Waals surface area contributed by atoms with Gasteiger partial charge < -0.3 is 15.7 Å². The molecule has 1 saturated carbocycles. The molecule has 0 saturated heterocycles. The molecule has 1 aromatic carbocycles. The maximum Gasteiger partial charge on any atom is 0.319 e. The molecular weight excluding hydrogens is 280 g/mol. The number of rotatable bonds is 4. The second kappa shape index (κ2) is 5.71. The number of urea groups is 1. The number of anilines is 1. The van der Waals surface area contributed by atoms with Crippen molar-refractivity contribution in [1.29, 1.82) is 0 Å². The summed E-state index contributed by atoms with van der Waals surface area (Å²) in [5, 5.41) is 15.0. The van der Waals surface area contributed by atoms with Gasteiger partial charge in [-0.05, 0) is 37.5 Å². The number of nitrogens with one attached hydrogen (secondary N) is 2. The van der Waals surface area contributed by atoms with E-state index >= 15 is 0 Å². The topological polar surface area (TPSA) is 78.4 Å². The van der Waals surface area contributed by atoms with Crippen molar-refractivity contribution in [2.45, 2.75) is 26.2 Å². The maximum absolute atomic E-state index is 11.8. The zero-order valence-corrected chi connectivity index (χ0v) is 12.0. The lowest BCUT2D eigenvalue weighted by atomic mass is 9.69. The Balaban J connectivity index is 1.89. The summed E-state index contributed by atoms with van der Waals surface area (Å²) in [6.07, 6.45) is 2.11. The molecule has 1 fully saturated rings. The predicted octanol–water partition coefficient (Wildman–Crippen LogP) is 3.02. The molecule has 2 amide bonds. The number of hydrogen-bond acceptors (Lipinski definition) is 2. The van der Waals surface area contributed by atoms with E-state index in [1.54, 1.807) is 12.1 Å². The molecule has 0 bridgehead atoms. The van der Waals surface area contributed by atoms with E-state index in [0.717, 1.165) is 12.0 Å². The van der Waals surface area contributed by atoms with E-state index in [2.05, 4.69) is 10.6 Å². The fraction of sp³-hybridized carbons (Fsp3) is 0.429. The standard InChI is InChI=1S/C14H17ClN2O3/c1-9-3-4-10(7-11(9)15)17-13(20)16-8-14(12(18)19)5-2-6-14/h3-4,7H,2,5-6,8H2,1H3,(H,18,19)(H2,16,17,20). The Hall–Kier alpha value is -1.75. The van der Waals surface area contributed by atoms with Gasteiger partial charge >= 0.3 is 12.0 Å². The summed E-state index contributed by atoms with van der Waals surface area (Å²) in [5.74, 6) is -0.845. The first-order valence-electron chi connectivity index (χ1n) is 6.47. The second-order valence-corrected chi connectivity index (χ2v) is 5.62. The van der Waals surface area contributed by atoms with Crippen LogP contribution in [0.3, 0.4) is 0 Å². The van der Waals surface area contributed by atoms with Crippen molar-refractivity contribution in [3.8, 4) is 0 Å². The van der Waals surface area contributed by atoms with Crippen molar-refractivity contribution in [1.82, 2.24) is 5.32 Å². The summed E-state index contributed by atoms with van der Waals surface area (Å²) in [6, 6.07) is 4.80. The molecule has 1 aliphatic rings. The Morgan fingerprint density at radius 3 is 2.60 bits per heavy atom. The van der Waals surface area contributed by atoms with E-state index in [0.29, 0.717) is 23.6 Å². The molecule has 0 unspecified atom stereocenters. The van der Waals surface area contributed by atoms with Crippen LogP contribution in [0.2, 0.25) is 5.02 Å². The number of carboxylic acids is 1. The summed E-state index contributed by atoms with van der Waals surface area (Å²) in [6.45, 7) is 2.02. The number of amides is 2. The van der Waals surface area contributed by atoms with Crippen LogP contribution in [-0.4, -0.2) is 23.7 Å². The van der Waals surface area contributed by atoms with E-state index in [-0.39, 0.29) is 6.54 Å². The summed E-state index contributed by atoms with van der Waals surface area (Å²) in [4.78, 5) is 22.9. The molecule has 0 radical (unpaired) electrons. The van der Waals surface area contributed by atoms with Gasteiger partial charge in [0, 0.05) is 17.3 Å². The Morgan fingerprint density at radius 2 is 2.10 bits per heavy atom. The molecule has 0 atom stereocenters. The van der Waals surface area contributed by atoms with E-state index < -0.39 is 17.4 Å². The minimum absolute atomic E-state index is 0.147. The first kappa shape index (κ1) is 14.7. The number of carboxylic acid groups (broad SMARTS) is 1. The average molecular weight is 297 g/mol. The molecule has 0 spiro atoms. The van der Waals surface area contributed by atoms with Crippen molar-refractivity contribution in [3.05, 3.63) is 28.8 Å². The lowest BCUT2D eigenvalue weighted by Crippen LogP contribution is -2.48. The fourth-order valence-electron chi connectivity index (χ4n) is 2.17. The Kier molecular flexibility index (Phi) is 4.18. The van der Waals surface area contributed by atoms with Crippen molar-refractivity contribution in [3.63, 3.8) is 0 Å². The third kappa shape index (κ3) is 3.04. The van der Waals surface area contributed by atoms with E-state index in [9.17, 15) is 9.59 Å². The SMILES string of the molecule is Cc1ccc(NC(=O)NCC2(C(=O)O)CCC2)cc1Cl. The van der Waals surface area contributed by atoms with Crippen LogP contribution in [0.15, 0.2) is 18.2 Å². The van der Waals surface area contributed by atoms with Crippen molar-refractivity contribution < 1.29 is 14.7 Å². The van der Waals surface area contributed by atoms with Crippen LogP contribution in [0.1, 0.15) is 24.8 Å². The summed E-state index contributed by atoms with van der Waals surface area (Å²) in [7, 11) is 0. The monoisotopic (exact) mass is 296 g/mol. The van der Waals surface area contributed by atoms with Gasteiger partial charge in [0.1, 0.15) is 0 Å². The van der Waals surface area contributed by atoms with Gasteiger partial charge in [0.2, 0.25) is 0 Å². The third-order valence-corrected chi connectivity index (χ3v) is 4.19. The molecule has 1 aromatic rings. The molecule has 1 aliphatic carbocycles. The van der Waals surface area contributed by atoms with Gasteiger partial charge in [0.15, 0.2) is 0 Å². The minimum Gasteiger partial charge on any atom is -0.481 e. The Labute approximate surface area is 122 Å². The smallest absolute Gasteiger partial charge is 0.319 e. The summed E-state index contributed by atoms with van der Waals surface area (Å²) in [5.41, 5.74) is 0.718. The maximum atomic E-state index is 11.8. The van der Waals surface area contributed by atoms with E-state index in [4.69, 9.17) is 16.7 Å². The van der Waals surface area contributed by atoms with Crippen LogP contribution in [0, 0.1) is 12.3 Å². The Bertz CT molecular complexity index is 541. The van der Waals surface area contributed by atoms with Crippen molar-refractivity contribution in [2.75, 3.05) is 11.9 Å². The highest BCUT2D eigenvalue weighted by Crippen LogP contribution is 2.40. The first-order chi connectivity index (χ1) is 9.43. The van der Waals surface area contributed by atoms with Gasteiger partial charge in [-0.3, -0.25) is 4.79 Å². The zero-order chi connectivity index (χ0) is 14.8. The highest BCUT2D eigenvalue weighted by atomic mass is 35.5. The van der Waals surface area contributed by atoms with Gasteiger partial charge in [-0.2, -0.15) is 0 Å². The zero-order valence-electron chi connectivity index (χ0n) is 11.2. The minimum atomic E-state index is -0.845. The van der Waals surface area contributed by atoms with Gasteiger partial charge in [-0.15, -0.1) is 0 Å². The van der Waals surface area contributed by atoms with E-state index in [1.165, 1.54) is 0 Å². The third-order valence-electron chi connectivity index (χ3n) is 3.78. The average Bonchev–Trinajstić information content (AvgIpc) is 2.32. The summed E-state index contributed by atoms with van der Waals surface area (Å²) < 4.78 is 0. The number of hydrogen-bond donors (Lipinski definition) is 3. The lowest BCUT2D eigenvalue weighted by Gasteiger charge is -2.37. The number of carbonyl (C=O) groups is 2. The summed E-state index contributed by atoms with van der Waals surface area (Å²) >= 11 is 5.97. The molecule has 6 heteroatoms. The largest absolute Gasteiger partial charge is 0.481 e. The molecule has 0 heterocycles. The Morgan fingerprint density at radius 1 is 1.40 bits per heavy atom. The van der Waals surface area contributed by atoms with Crippen molar-refractivity contribution >= 4 is 29.3 Å². The van der Waals surface area contributed by atoms with Crippen LogP contribution >= 0.6 is 11.6 Å². The molecule has 3 N–H and O–H groups in total. The van der Waals surface area contributed by atoms with Crippen LogP contribution in [0.5, 0.6) is 0 Å². The number of aliphatic carboxylic acids is 1. The first-order valence-corrected chi connectivity index (χ1v) is 6.85. The molecule has 0 aromatic heterocycles. The quantitative estimate of drug-likeness (QED) is 0.799. The van der Waals surface area contributed by atoms with Crippen LogP contribution in [-0.2, 0) is 4.79 Å². The molecule has 0 aliphatic heterocycles. The van der Waals surface area contributed by atoms with Gasteiger partial charge in [-0.25, -0.2) is 4.79 Å². The number of benzene rings is 1. The van der Waals surface area contributed by atoms with Crippen LogP contribution in [0.4, 0.5) is 10.5 Å². The number of carbonyl (C=O) groups excluding carboxylic acids is 1. The van der Waals surface area contributed by atoms with Crippen LogP contribution in [0.25, 0.3) is 0 Å². The molecular formula is C14H17ClN2O3. The predicted molar refractivity (Wildman–Crippen MR) is 77.1 cm³/mol. The van der Waals surface area contributed by atoms with Crippen molar-refractivity contribution in [2.24, 2.45) is 5.41 Å². The molecule has 108 valence electrons. The van der Waals surface area contributed by atoms with Gasteiger partial charge in [0.25, 0.3) is 0 Å². The molecule has 2 rings (SSSR count). The highest BCUT2D eigenvalue weighted by molar-refractivity contribution is 6.31.